The van der Waals surface area contributed by atoms with Crippen LogP contribution in [0.15, 0.2) is 72.0 Å². The molecule has 2 amide bonds. The topological polar surface area (TPSA) is 75.2 Å². The molecule has 0 unspecified atom stereocenters. The van der Waals surface area contributed by atoms with Gasteiger partial charge in [-0.2, -0.15) is 0 Å². The number of benzene rings is 2. The first-order valence-corrected chi connectivity index (χ1v) is 12.1. The molecule has 160 valence electrons. The van der Waals surface area contributed by atoms with Gasteiger partial charge in [0.25, 0.3) is 0 Å². The molecule has 1 fully saturated rings. The van der Waals surface area contributed by atoms with Crippen molar-refractivity contribution in [1.82, 2.24) is 9.97 Å². The molecule has 0 radical (unpaired) electrons. The Labute approximate surface area is 193 Å². The van der Waals surface area contributed by atoms with Gasteiger partial charge in [0.1, 0.15) is 16.2 Å². The Bertz CT molecular complexity index is 1290. The van der Waals surface area contributed by atoms with E-state index in [1.54, 1.807) is 22.6 Å². The van der Waals surface area contributed by atoms with Crippen molar-refractivity contribution in [2.75, 3.05) is 22.5 Å². The van der Waals surface area contributed by atoms with Crippen LogP contribution >= 0.6 is 23.1 Å². The number of hydrogen-bond acceptors (Lipinski definition) is 6. The minimum absolute atomic E-state index is 0.120. The highest BCUT2D eigenvalue weighted by Gasteiger charge is 2.22. The van der Waals surface area contributed by atoms with E-state index >= 15 is 0 Å². The Morgan fingerprint density at radius 1 is 1.09 bits per heavy atom. The van der Waals surface area contributed by atoms with Crippen molar-refractivity contribution < 1.29 is 9.59 Å². The van der Waals surface area contributed by atoms with Gasteiger partial charge >= 0.3 is 0 Å². The molecule has 2 aromatic carbocycles. The van der Waals surface area contributed by atoms with E-state index in [0.29, 0.717) is 12.1 Å². The highest BCUT2D eigenvalue weighted by molar-refractivity contribution is 8.00. The van der Waals surface area contributed by atoms with Gasteiger partial charge in [-0.1, -0.05) is 48.2 Å². The second-order valence-electron chi connectivity index (χ2n) is 7.41. The average Bonchev–Trinajstić information content (AvgIpc) is 3.45. The lowest BCUT2D eigenvalue weighted by molar-refractivity contribution is -0.117. The number of aromatic nitrogens is 2. The van der Waals surface area contributed by atoms with Crippen molar-refractivity contribution in [2.45, 2.75) is 17.9 Å². The zero-order valence-electron chi connectivity index (χ0n) is 17.2. The highest BCUT2D eigenvalue weighted by Crippen LogP contribution is 2.36. The molecule has 2 aromatic heterocycles. The fourth-order valence-electron chi connectivity index (χ4n) is 3.70. The van der Waals surface area contributed by atoms with Crippen LogP contribution in [0.3, 0.4) is 0 Å². The quantitative estimate of drug-likeness (QED) is 0.316. The van der Waals surface area contributed by atoms with E-state index in [-0.39, 0.29) is 17.6 Å². The SMILES string of the molecule is O=C(CSc1ncnc2sc(-c3ccccc3)cc12)Nc1cccc(N2CCCC2=O)c1. The second-order valence-corrected chi connectivity index (χ2v) is 9.41. The van der Waals surface area contributed by atoms with Crippen LogP contribution in [0.5, 0.6) is 0 Å². The third-order valence-corrected chi connectivity index (χ3v) is 7.30. The number of carbonyl (C=O) groups is 2. The van der Waals surface area contributed by atoms with Gasteiger partial charge in [-0.3, -0.25) is 9.59 Å². The predicted octanol–water partition coefficient (Wildman–Crippen LogP) is 5.22. The van der Waals surface area contributed by atoms with Crippen molar-refractivity contribution in [2.24, 2.45) is 0 Å². The Morgan fingerprint density at radius 2 is 1.97 bits per heavy atom. The Hall–Kier alpha value is -3.23. The summed E-state index contributed by atoms with van der Waals surface area (Å²) in [5.41, 5.74) is 2.64. The normalized spacial score (nSPS) is 13.6. The Kier molecular flexibility index (Phi) is 5.87. The van der Waals surface area contributed by atoms with Crippen LogP contribution in [0.25, 0.3) is 20.7 Å². The number of carbonyl (C=O) groups excluding carboxylic acids is 2. The molecule has 8 heteroatoms. The maximum absolute atomic E-state index is 12.6. The number of fused-ring (bicyclic) bond motifs is 1. The van der Waals surface area contributed by atoms with E-state index in [1.807, 2.05) is 42.5 Å². The molecule has 1 aliphatic rings. The summed E-state index contributed by atoms with van der Waals surface area (Å²) in [6, 6.07) is 19.7. The summed E-state index contributed by atoms with van der Waals surface area (Å²) < 4.78 is 0. The standard InChI is InChI=1S/C24H20N4O2S2/c29-21(27-17-8-4-9-18(12-17)28-11-5-10-22(28)30)14-31-23-19-13-20(16-6-2-1-3-7-16)32-24(19)26-15-25-23/h1-4,6-9,12-13,15H,5,10-11,14H2,(H,27,29). The summed E-state index contributed by atoms with van der Waals surface area (Å²) in [6.45, 7) is 0.724. The lowest BCUT2D eigenvalue weighted by Crippen LogP contribution is -2.23. The number of anilines is 2. The fraction of sp³-hybridized carbons (Fsp3) is 0.167. The number of thiophene rings is 1. The number of hydrogen-bond donors (Lipinski definition) is 1. The molecular formula is C24H20N4O2S2. The summed E-state index contributed by atoms with van der Waals surface area (Å²) >= 11 is 3.01. The molecule has 32 heavy (non-hydrogen) atoms. The third kappa shape index (κ3) is 4.37. The first kappa shape index (κ1) is 20.7. The van der Waals surface area contributed by atoms with E-state index in [2.05, 4.69) is 33.5 Å². The van der Waals surface area contributed by atoms with Crippen LogP contribution in [0.2, 0.25) is 0 Å². The molecule has 0 saturated carbocycles. The van der Waals surface area contributed by atoms with Crippen molar-refractivity contribution in [3.63, 3.8) is 0 Å². The van der Waals surface area contributed by atoms with Crippen LogP contribution in [-0.2, 0) is 9.59 Å². The van der Waals surface area contributed by atoms with E-state index in [0.717, 1.165) is 44.3 Å². The smallest absolute Gasteiger partial charge is 0.234 e. The summed E-state index contributed by atoms with van der Waals surface area (Å²) in [4.78, 5) is 37.2. The van der Waals surface area contributed by atoms with Gasteiger partial charge in [-0.05, 0) is 36.2 Å². The Morgan fingerprint density at radius 3 is 2.78 bits per heavy atom. The minimum Gasteiger partial charge on any atom is -0.325 e. The first-order valence-electron chi connectivity index (χ1n) is 10.3. The maximum atomic E-state index is 12.6. The van der Waals surface area contributed by atoms with Gasteiger partial charge < -0.3 is 10.2 Å². The molecule has 3 heterocycles. The number of nitrogens with zero attached hydrogens (tertiary/aromatic N) is 3. The van der Waals surface area contributed by atoms with E-state index in [1.165, 1.54) is 11.8 Å². The van der Waals surface area contributed by atoms with E-state index in [4.69, 9.17) is 0 Å². The van der Waals surface area contributed by atoms with Gasteiger partial charge in [0.15, 0.2) is 0 Å². The number of rotatable bonds is 6. The van der Waals surface area contributed by atoms with Crippen LogP contribution in [0.1, 0.15) is 12.8 Å². The number of nitrogens with one attached hydrogen (secondary N) is 1. The first-order chi connectivity index (χ1) is 15.7. The van der Waals surface area contributed by atoms with Crippen LogP contribution < -0.4 is 10.2 Å². The van der Waals surface area contributed by atoms with Gasteiger partial charge in [0.05, 0.1) is 5.75 Å². The minimum atomic E-state index is -0.120. The third-order valence-electron chi connectivity index (χ3n) is 5.21. The van der Waals surface area contributed by atoms with E-state index < -0.39 is 0 Å². The highest BCUT2D eigenvalue weighted by atomic mass is 32.2. The predicted molar refractivity (Wildman–Crippen MR) is 130 cm³/mol. The molecule has 0 bridgehead atoms. The summed E-state index contributed by atoms with van der Waals surface area (Å²) in [7, 11) is 0. The van der Waals surface area contributed by atoms with Crippen LogP contribution in [0, 0.1) is 0 Å². The molecule has 0 aliphatic carbocycles. The summed E-state index contributed by atoms with van der Waals surface area (Å²) in [5, 5.41) is 4.68. The molecule has 6 nitrogen and oxygen atoms in total. The largest absolute Gasteiger partial charge is 0.325 e. The van der Waals surface area contributed by atoms with Crippen molar-refractivity contribution in [3.05, 3.63) is 67.0 Å². The molecule has 1 N–H and O–H groups in total. The maximum Gasteiger partial charge on any atom is 0.234 e. The molecular weight excluding hydrogens is 440 g/mol. The number of amides is 2. The fourth-order valence-corrected chi connectivity index (χ4v) is 5.54. The molecule has 4 aromatic rings. The van der Waals surface area contributed by atoms with Crippen LogP contribution in [-0.4, -0.2) is 34.1 Å². The zero-order chi connectivity index (χ0) is 21.9. The average molecular weight is 461 g/mol. The zero-order valence-corrected chi connectivity index (χ0v) is 18.8. The second kappa shape index (κ2) is 9.10. The summed E-state index contributed by atoms with van der Waals surface area (Å²) in [5.74, 6) is 0.239. The van der Waals surface area contributed by atoms with Gasteiger partial charge in [0.2, 0.25) is 11.8 Å². The lowest BCUT2D eigenvalue weighted by Gasteiger charge is -2.16. The Balaban J connectivity index is 1.27. The molecule has 5 rings (SSSR count). The lowest BCUT2D eigenvalue weighted by atomic mass is 10.2. The van der Waals surface area contributed by atoms with Crippen LogP contribution in [0.4, 0.5) is 11.4 Å². The monoisotopic (exact) mass is 460 g/mol. The molecule has 1 aliphatic heterocycles. The molecule has 0 atom stereocenters. The summed E-state index contributed by atoms with van der Waals surface area (Å²) in [6.07, 6.45) is 2.99. The van der Waals surface area contributed by atoms with Crippen molar-refractivity contribution in [1.29, 1.82) is 0 Å². The van der Waals surface area contributed by atoms with Crippen molar-refractivity contribution >= 4 is 56.5 Å². The van der Waals surface area contributed by atoms with E-state index in [9.17, 15) is 9.59 Å². The van der Waals surface area contributed by atoms with Crippen molar-refractivity contribution in [3.8, 4) is 10.4 Å². The van der Waals surface area contributed by atoms with Gasteiger partial charge in [-0.15, -0.1) is 11.3 Å². The molecule has 1 saturated heterocycles. The molecule has 0 spiro atoms. The van der Waals surface area contributed by atoms with Gasteiger partial charge in [0, 0.05) is 34.6 Å². The number of thioether (sulfide) groups is 1. The van der Waals surface area contributed by atoms with Gasteiger partial charge in [-0.25, -0.2) is 9.97 Å².